The summed E-state index contributed by atoms with van der Waals surface area (Å²) in [6.07, 6.45) is 2.82. The van der Waals surface area contributed by atoms with E-state index < -0.39 is 0 Å². The first kappa shape index (κ1) is 15.7. The Labute approximate surface area is 127 Å². The van der Waals surface area contributed by atoms with Crippen LogP contribution in [0.4, 0.5) is 0 Å². The van der Waals surface area contributed by atoms with Gasteiger partial charge in [-0.1, -0.05) is 25.1 Å². The molecule has 112 valence electrons. The summed E-state index contributed by atoms with van der Waals surface area (Å²) in [4.78, 5) is 0. The van der Waals surface area contributed by atoms with Gasteiger partial charge in [0, 0.05) is 22.9 Å². The van der Waals surface area contributed by atoms with E-state index in [1.165, 1.54) is 24.2 Å². The van der Waals surface area contributed by atoms with Crippen LogP contribution < -0.4 is 10.1 Å². The first-order valence-corrected chi connectivity index (χ1v) is 8.76. The zero-order chi connectivity index (χ0) is 14.5. The van der Waals surface area contributed by atoms with Crippen molar-refractivity contribution in [3.05, 3.63) is 29.8 Å². The van der Waals surface area contributed by atoms with Crippen LogP contribution >= 0.6 is 11.8 Å². The Kier molecular flexibility index (Phi) is 5.79. The third-order valence-corrected chi connectivity index (χ3v) is 5.20. The Morgan fingerprint density at radius 3 is 2.70 bits per heavy atom. The average Bonchev–Trinajstić information content (AvgIpc) is 2.41. The lowest BCUT2D eigenvalue weighted by Crippen LogP contribution is -2.40. The van der Waals surface area contributed by atoms with E-state index in [9.17, 15) is 0 Å². The Morgan fingerprint density at radius 2 is 2.00 bits per heavy atom. The molecule has 0 radical (unpaired) electrons. The topological polar surface area (TPSA) is 21.3 Å². The fraction of sp³-hybridized carbons (Fsp3) is 0.647. The predicted octanol–water partition coefficient (Wildman–Crippen LogP) is 4.41. The van der Waals surface area contributed by atoms with Crippen LogP contribution in [0.1, 0.15) is 52.1 Å². The maximum Gasteiger partial charge on any atom is 0.124 e. The van der Waals surface area contributed by atoms with Crippen LogP contribution in [0.15, 0.2) is 24.3 Å². The summed E-state index contributed by atoms with van der Waals surface area (Å²) in [6.45, 7) is 8.74. The number of nitrogens with one attached hydrogen (secondary N) is 1. The van der Waals surface area contributed by atoms with Crippen molar-refractivity contribution in [3.63, 3.8) is 0 Å². The molecule has 1 aliphatic rings. The van der Waals surface area contributed by atoms with Gasteiger partial charge in [0.2, 0.25) is 0 Å². The summed E-state index contributed by atoms with van der Waals surface area (Å²) in [5, 5.41) is 4.50. The van der Waals surface area contributed by atoms with Crippen LogP contribution in [0.3, 0.4) is 0 Å². The van der Waals surface area contributed by atoms with Gasteiger partial charge in [0.05, 0.1) is 6.10 Å². The second kappa shape index (κ2) is 7.37. The molecule has 1 N–H and O–H groups in total. The van der Waals surface area contributed by atoms with Crippen molar-refractivity contribution in [1.29, 1.82) is 0 Å². The highest BCUT2D eigenvalue weighted by Gasteiger charge is 2.24. The quantitative estimate of drug-likeness (QED) is 0.869. The molecular formula is C17H27NOS. The lowest BCUT2D eigenvalue weighted by molar-refractivity contribution is 0.237. The van der Waals surface area contributed by atoms with Crippen LogP contribution in [-0.4, -0.2) is 23.1 Å². The van der Waals surface area contributed by atoms with E-state index in [1.54, 1.807) is 0 Å². The highest BCUT2D eigenvalue weighted by Crippen LogP contribution is 2.30. The van der Waals surface area contributed by atoms with Crippen molar-refractivity contribution < 1.29 is 4.74 Å². The van der Waals surface area contributed by atoms with Crippen molar-refractivity contribution in [2.24, 2.45) is 0 Å². The molecule has 0 aliphatic carbocycles. The molecule has 0 saturated carbocycles. The smallest absolute Gasteiger partial charge is 0.124 e. The molecule has 0 aromatic heterocycles. The molecule has 0 amide bonds. The number of ether oxygens (including phenoxy) is 1. The number of hydrogen-bond donors (Lipinski definition) is 1. The van der Waals surface area contributed by atoms with Gasteiger partial charge in [-0.3, -0.25) is 0 Å². The first-order valence-electron chi connectivity index (χ1n) is 7.71. The minimum absolute atomic E-state index is 0.215. The number of benzene rings is 1. The Bertz CT molecular complexity index is 421. The van der Waals surface area contributed by atoms with Crippen molar-refractivity contribution >= 4 is 11.8 Å². The highest BCUT2D eigenvalue weighted by atomic mass is 32.2. The van der Waals surface area contributed by atoms with Crippen LogP contribution in [0.2, 0.25) is 0 Å². The zero-order valence-electron chi connectivity index (χ0n) is 13.1. The largest absolute Gasteiger partial charge is 0.491 e. The Hall–Kier alpha value is -0.670. The SMILES string of the molecule is CC(C)Oc1ccccc1C(C)NC1CCCSC1C. The van der Waals surface area contributed by atoms with Crippen molar-refractivity contribution in [3.8, 4) is 5.75 Å². The normalized spacial score (nSPS) is 24.6. The van der Waals surface area contributed by atoms with E-state index in [0.717, 1.165) is 5.75 Å². The van der Waals surface area contributed by atoms with E-state index >= 15 is 0 Å². The minimum atomic E-state index is 0.215. The van der Waals surface area contributed by atoms with Gasteiger partial charge >= 0.3 is 0 Å². The Morgan fingerprint density at radius 1 is 1.25 bits per heavy atom. The van der Waals surface area contributed by atoms with Crippen molar-refractivity contribution in [2.75, 3.05) is 5.75 Å². The second-order valence-electron chi connectivity index (χ2n) is 5.92. The summed E-state index contributed by atoms with van der Waals surface area (Å²) in [5.74, 6) is 2.32. The maximum atomic E-state index is 5.94. The Balaban J connectivity index is 2.06. The van der Waals surface area contributed by atoms with E-state index in [1.807, 2.05) is 6.07 Å². The number of thioether (sulfide) groups is 1. The fourth-order valence-electron chi connectivity index (χ4n) is 2.75. The fourth-order valence-corrected chi connectivity index (χ4v) is 3.90. The summed E-state index contributed by atoms with van der Waals surface area (Å²) in [7, 11) is 0. The molecule has 3 heteroatoms. The molecule has 1 aliphatic heterocycles. The van der Waals surface area contributed by atoms with E-state index in [0.29, 0.717) is 17.3 Å². The predicted molar refractivity (Wildman–Crippen MR) is 88.7 cm³/mol. The third-order valence-electron chi connectivity index (χ3n) is 3.82. The number of rotatable bonds is 5. The molecule has 2 rings (SSSR count). The third kappa shape index (κ3) is 4.16. The molecule has 1 aromatic rings. The summed E-state index contributed by atoms with van der Waals surface area (Å²) in [6, 6.07) is 9.34. The standard InChI is InChI=1S/C17H27NOS/c1-12(2)19-17-10-6-5-8-15(17)13(3)18-16-9-7-11-20-14(16)4/h5-6,8,10,12-14,16,18H,7,9,11H2,1-4H3. The van der Waals surface area contributed by atoms with Crippen molar-refractivity contribution in [1.82, 2.24) is 5.32 Å². The van der Waals surface area contributed by atoms with Gasteiger partial charge in [0.1, 0.15) is 5.75 Å². The van der Waals surface area contributed by atoms with Crippen molar-refractivity contribution in [2.45, 2.75) is 64.0 Å². The van der Waals surface area contributed by atoms with Gasteiger partial charge in [-0.2, -0.15) is 11.8 Å². The van der Waals surface area contributed by atoms with Gasteiger partial charge < -0.3 is 10.1 Å². The molecule has 1 aromatic carbocycles. The summed E-state index contributed by atoms with van der Waals surface area (Å²) < 4.78 is 5.94. The van der Waals surface area contributed by atoms with Gasteiger partial charge in [0.25, 0.3) is 0 Å². The lowest BCUT2D eigenvalue weighted by atomic mass is 10.0. The maximum absolute atomic E-state index is 5.94. The summed E-state index contributed by atoms with van der Waals surface area (Å²) in [5.41, 5.74) is 1.27. The van der Waals surface area contributed by atoms with Gasteiger partial charge in [-0.15, -0.1) is 0 Å². The second-order valence-corrected chi connectivity index (χ2v) is 7.40. The monoisotopic (exact) mass is 293 g/mol. The molecule has 0 bridgehead atoms. The molecule has 1 heterocycles. The van der Waals surface area contributed by atoms with Gasteiger partial charge in [-0.05, 0) is 45.4 Å². The molecular weight excluding hydrogens is 266 g/mol. The molecule has 3 atom stereocenters. The molecule has 20 heavy (non-hydrogen) atoms. The van der Waals surface area contributed by atoms with Crippen LogP contribution in [0, 0.1) is 0 Å². The molecule has 2 nitrogen and oxygen atoms in total. The summed E-state index contributed by atoms with van der Waals surface area (Å²) >= 11 is 2.08. The van der Waals surface area contributed by atoms with Gasteiger partial charge in [-0.25, -0.2) is 0 Å². The van der Waals surface area contributed by atoms with Gasteiger partial charge in [0.15, 0.2) is 0 Å². The lowest BCUT2D eigenvalue weighted by Gasteiger charge is -2.32. The van der Waals surface area contributed by atoms with Crippen LogP contribution in [-0.2, 0) is 0 Å². The van der Waals surface area contributed by atoms with Crippen LogP contribution in [0.25, 0.3) is 0 Å². The zero-order valence-corrected chi connectivity index (χ0v) is 13.9. The van der Waals surface area contributed by atoms with Crippen LogP contribution in [0.5, 0.6) is 5.75 Å². The molecule has 1 fully saturated rings. The van der Waals surface area contributed by atoms with E-state index in [4.69, 9.17) is 4.74 Å². The molecule has 0 spiro atoms. The molecule has 1 saturated heterocycles. The highest BCUT2D eigenvalue weighted by molar-refractivity contribution is 7.99. The minimum Gasteiger partial charge on any atom is -0.491 e. The number of para-hydroxylation sites is 1. The number of hydrogen-bond acceptors (Lipinski definition) is 3. The molecule has 3 unspecified atom stereocenters. The average molecular weight is 293 g/mol. The van der Waals surface area contributed by atoms with E-state index in [2.05, 4.69) is 63.0 Å². The first-order chi connectivity index (χ1) is 9.58. The van der Waals surface area contributed by atoms with E-state index in [-0.39, 0.29) is 6.10 Å².